The Hall–Kier alpha value is -2.96. The zero-order chi connectivity index (χ0) is 16.7. The van der Waals surface area contributed by atoms with Gasteiger partial charge in [-0.05, 0) is 24.6 Å². The number of nitrogens with zero attached hydrogens (tertiary/aromatic N) is 2. The summed E-state index contributed by atoms with van der Waals surface area (Å²) in [7, 11) is 1.30. The Kier molecular flexibility index (Phi) is 5.62. The van der Waals surface area contributed by atoms with E-state index in [0.29, 0.717) is 22.8 Å². The van der Waals surface area contributed by atoms with Gasteiger partial charge >= 0.3 is 5.97 Å². The van der Waals surface area contributed by atoms with Crippen LogP contribution in [0.15, 0.2) is 36.7 Å². The number of nitrogens with one attached hydrogen (secondary N) is 2. The Morgan fingerprint density at radius 3 is 2.57 bits per heavy atom. The average molecular weight is 314 g/mol. The molecule has 7 nitrogen and oxygen atoms in total. The molecule has 0 bridgehead atoms. The SMILES string of the molecule is CCCNc1ncc(C(=O)Nc2cccc(C(=O)OC)c2)cn1. The van der Waals surface area contributed by atoms with E-state index in [0.717, 1.165) is 13.0 Å². The van der Waals surface area contributed by atoms with Crippen LogP contribution >= 0.6 is 0 Å². The lowest BCUT2D eigenvalue weighted by molar-refractivity contribution is 0.0600. The summed E-state index contributed by atoms with van der Waals surface area (Å²) in [6.45, 7) is 2.81. The summed E-state index contributed by atoms with van der Waals surface area (Å²) in [4.78, 5) is 31.8. The second kappa shape index (κ2) is 7.88. The molecule has 0 fully saturated rings. The molecule has 0 spiro atoms. The summed E-state index contributed by atoms with van der Waals surface area (Å²) in [5, 5.41) is 5.72. The number of rotatable bonds is 6. The van der Waals surface area contributed by atoms with Gasteiger partial charge in [-0.2, -0.15) is 0 Å². The molecular formula is C16H18N4O3. The van der Waals surface area contributed by atoms with Crippen LogP contribution in [0.5, 0.6) is 0 Å². The van der Waals surface area contributed by atoms with Crippen LogP contribution in [0.2, 0.25) is 0 Å². The summed E-state index contributed by atoms with van der Waals surface area (Å²) in [6.07, 6.45) is 3.86. The number of esters is 1. The zero-order valence-electron chi connectivity index (χ0n) is 13.0. The average Bonchev–Trinajstić information content (AvgIpc) is 2.59. The molecule has 0 saturated heterocycles. The van der Waals surface area contributed by atoms with Crippen molar-refractivity contribution in [2.75, 3.05) is 24.3 Å². The van der Waals surface area contributed by atoms with E-state index in [1.807, 2.05) is 6.92 Å². The number of carbonyl (C=O) groups is 2. The monoisotopic (exact) mass is 314 g/mol. The lowest BCUT2D eigenvalue weighted by atomic mass is 10.2. The van der Waals surface area contributed by atoms with Crippen molar-refractivity contribution in [1.29, 1.82) is 0 Å². The van der Waals surface area contributed by atoms with Crippen LogP contribution in [-0.4, -0.2) is 35.5 Å². The topological polar surface area (TPSA) is 93.2 Å². The number of anilines is 2. The zero-order valence-corrected chi connectivity index (χ0v) is 13.0. The largest absolute Gasteiger partial charge is 0.465 e. The van der Waals surface area contributed by atoms with E-state index in [2.05, 4.69) is 25.3 Å². The molecule has 0 radical (unpaired) electrons. The second-order valence-corrected chi connectivity index (χ2v) is 4.75. The minimum absolute atomic E-state index is 0.329. The van der Waals surface area contributed by atoms with Crippen LogP contribution < -0.4 is 10.6 Å². The highest BCUT2D eigenvalue weighted by Gasteiger charge is 2.10. The first-order valence-corrected chi connectivity index (χ1v) is 7.19. The first-order chi connectivity index (χ1) is 11.1. The molecule has 1 aromatic carbocycles. The molecule has 2 aromatic rings. The molecule has 120 valence electrons. The van der Waals surface area contributed by atoms with Gasteiger partial charge < -0.3 is 15.4 Å². The Morgan fingerprint density at radius 1 is 1.17 bits per heavy atom. The van der Waals surface area contributed by atoms with Gasteiger partial charge in [-0.1, -0.05) is 13.0 Å². The molecule has 2 N–H and O–H groups in total. The highest BCUT2D eigenvalue weighted by atomic mass is 16.5. The van der Waals surface area contributed by atoms with Crippen LogP contribution in [-0.2, 0) is 4.74 Å². The van der Waals surface area contributed by atoms with Crippen LogP contribution in [0.1, 0.15) is 34.1 Å². The van der Waals surface area contributed by atoms with Crippen LogP contribution in [0.25, 0.3) is 0 Å². The molecule has 0 unspecified atom stereocenters. The molecule has 0 aliphatic heterocycles. The van der Waals surface area contributed by atoms with E-state index in [4.69, 9.17) is 0 Å². The van der Waals surface area contributed by atoms with Crippen LogP contribution in [0, 0.1) is 0 Å². The van der Waals surface area contributed by atoms with Gasteiger partial charge in [0.15, 0.2) is 0 Å². The summed E-state index contributed by atoms with van der Waals surface area (Å²) in [5.41, 5.74) is 1.18. The van der Waals surface area contributed by atoms with Crippen molar-refractivity contribution in [2.45, 2.75) is 13.3 Å². The van der Waals surface area contributed by atoms with Crippen LogP contribution in [0.3, 0.4) is 0 Å². The van der Waals surface area contributed by atoms with Crippen molar-refractivity contribution < 1.29 is 14.3 Å². The number of ether oxygens (including phenoxy) is 1. The van der Waals surface area contributed by atoms with Gasteiger partial charge in [-0.25, -0.2) is 14.8 Å². The lowest BCUT2D eigenvalue weighted by Crippen LogP contribution is -2.14. The van der Waals surface area contributed by atoms with Gasteiger partial charge in [0, 0.05) is 24.6 Å². The minimum Gasteiger partial charge on any atom is -0.465 e. The van der Waals surface area contributed by atoms with Gasteiger partial charge in [-0.3, -0.25) is 4.79 Å². The van der Waals surface area contributed by atoms with Gasteiger partial charge in [-0.15, -0.1) is 0 Å². The molecule has 0 aliphatic rings. The molecule has 23 heavy (non-hydrogen) atoms. The fourth-order valence-electron chi connectivity index (χ4n) is 1.82. The van der Waals surface area contributed by atoms with Crippen LogP contribution in [0.4, 0.5) is 11.6 Å². The Bertz CT molecular complexity index is 686. The molecular weight excluding hydrogens is 296 g/mol. The third kappa shape index (κ3) is 4.50. The van der Waals surface area contributed by atoms with Gasteiger partial charge in [0.1, 0.15) is 0 Å². The highest BCUT2D eigenvalue weighted by molar-refractivity contribution is 6.04. The maximum atomic E-state index is 12.2. The van der Waals surface area contributed by atoms with Crippen molar-refractivity contribution in [3.8, 4) is 0 Å². The Balaban J connectivity index is 2.05. The van der Waals surface area contributed by atoms with Crippen molar-refractivity contribution in [3.63, 3.8) is 0 Å². The molecule has 7 heteroatoms. The third-order valence-electron chi connectivity index (χ3n) is 2.99. The van der Waals surface area contributed by atoms with Crippen molar-refractivity contribution in [2.24, 2.45) is 0 Å². The van der Waals surface area contributed by atoms with E-state index in [9.17, 15) is 9.59 Å². The fourth-order valence-corrected chi connectivity index (χ4v) is 1.82. The number of benzene rings is 1. The summed E-state index contributed by atoms with van der Waals surface area (Å²) in [6, 6.07) is 6.50. The quantitative estimate of drug-likeness (QED) is 0.795. The first-order valence-electron chi connectivity index (χ1n) is 7.19. The van der Waals surface area contributed by atoms with Gasteiger partial charge in [0.2, 0.25) is 5.95 Å². The molecule has 1 amide bonds. The first kappa shape index (κ1) is 16.4. The lowest BCUT2D eigenvalue weighted by Gasteiger charge is -2.07. The van der Waals surface area contributed by atoms with E-state index in [1.54, 1.807) is 24.3 Å². The van der Waals surface area contributed by atoms with E-state index in [-0.39, 0.29) is 5.91 Å². The molecule has 1 heterocycles. The Labute approximate surface area is 134 Å². The summed E-state index contributed by atoms with van der Waals surface area (Å²) >= 11 is 0. The maximum absolute atomic E-state index is 12.2. The third-order valence-corrected chi connectivity index (χ3v) is 2.99. The highest BCUT2D eigenvalue weighted by Crippen LogP contribution is 2.13. The van der Waals surface area contributed by atoms with E-state index in [1.165, 1.54) is 19.5 Å². The number of hydrogen-bond donors (Lipinski definition) is 2. The summed E-state index contributed by atoms with van der Waals surface area (Å²) in [5.74, 6) is -0.332. The fraction of sp³-hybridized carbons (Fsp3) is 0.250. The molecule has 2 rings (SSSR count). The van der Waals surface area contributed by atoms with Crippen molar-refractivity contribution in [3.05, 3.63) is 47.8 Å². The van der Waals surface area contributed by atoms with Crippen molar-refractivity contribution >= 4 is 23.5 Å². The summed E-state index contributed by atoms with van der Waals surface area (Å²) < 4.78 is 4.65. The normalized spacial score (nSPS) is 10.0. The predicted molar refractivity (Wildman–Crippen MR) is 86.5 cm³/mol. The maximum Gasteiger partial charge on any atom is 0.337 e. The number of aromatic nitrogens is 2. The standard InChI is InChI=1S/C16H18N4O3/c1-3-7-17-16-18-9-12(10-19-16)14(21)20-13-6-4-5-11(8-13)15(22)23-2/h4-6,8-10H,3,7H2,1-2H3,(H,20,21)(H,17,18,19). The smallest absolute Gasteiger partial charge is 0.337 e. The number of amides is 1. The van der Waals surface area contributed by atoms with E-state index >= 15 is 0 Å². The molecule has 1 aromatic heterocycles. The number of carbonyl (C=O) groups excluding carboxylic acids is 2. The molecule has 0 atom stereocenters. The molecule has 0 saturated carbocycles. The number of methoxy groups -OCH3 is 1. The van der Waals surface area contributed by atoms with Gasteiger partial charge in [0.05, 0.1) is 18.2 Å². The Morgan fingerprint density at radius 2 is 1.91 bits per heavy atom. The van der Waals surface area contributed by atoms with Gasteiger partial charge in [0.25, 0.3) is 5.91 Å². The second-order valence-electron chi connectivity index (χ2n) is 4.75. The van der Waals surface area contributed by atoms with E-state index < -0.39 is 5.97 Å². The predicted octanol–water partition coefficient (Wildman–Crippen LogP) is 2.34. The molecule has 0 aliphatic carbocycles. The minimum atomic E-state index is -0.462. The van der Waals surface area contributed by atoms with Crippen molar-refractivity contribution in [1.82, 2.24) is 9.97 Å². The number of hydrogen-bond acceptors (Lipinski definition) is 6.